The molecule has 1 N–H and O–H groups in total. The molecule has 0 saturated carbocycles. The number of anilines is 1. The normalized spacial score (nSPS) is 12.2. The first kappa shape index (κ1) is 12.5. The van der Waals surface area contributed by atoms with E-state index in [1.54, 1.807) is 0 Å². The Balaban J connectivity index is 2.06. The summed E-state index contributed by atoms with van der Waals surface area (Å²) >= 11 is 0. The molecule has 0 aliphatic rings. The van der Waals surface area contributed by atoms with Gasteiger partial charge in [0, 0.05) is 30.6 Å². The number of hydrogen-bond acceptors (Lipinski definition) is 3. The van der Waals surface area contributed by atoms with Gasteiger partial charge in [-0.2, -0.15) is 5.10 Å². The Morgan fingerprint density at radius 2 is 2.28 bits per heavy atom. The zero-order valence-electron chi connectivity index (χ0n) is 11.1. The van der Waals surface area contributed by atoms with Gasteiger partial charge in [-0.3, -0.25) is 4.68 Å². The Morgan fingerprint density at radius 1 is 1.44 bits per heavy atom. The standard InChI is InChI=1S/C14H19N3O/c1-4-18-14-7-5-6-13(8-14)16-11(2)12-9-15-17(3)10-12/h5-11,16H,4H2,1-3H3. The summed E-state index contributed by atoms with van der Waals surface area (Å²) in [6.45, 7) is 4.78. The minimum absolute atomic E-state index is 0.218. The number of aryl methyl sites for hydroxylation is 1. The van der Waals surface area contributed by atoms with Crippen molar-refractivity contribution in [1.29, 1.82) is 0 Å². The number of hydrogen-bond donors (Lipinski definition) is 1. The van der Waals surface area contributed by atoms with E-state index in [4.69, 9.17) is 4.74 Å². The molecule has 0 bridgehead atoms. The molecule has 0 radical (unpaired) electrons. The van der Waals surface area contributed by atoms with E-state index in [0.717, 1.165) is 11.4 Å². The fourth-order valence-electron chi connectivity index (χ4n) is 1.84. The van der Waals surface area contributed by atoms with Gasteiger partial charge >= 0.3 is 0 Å². The van der Waals surface area contributed by atoms with Gasteiger partial charge in [-0.25, -0.2) is 0 Å². The number of nitrogens with zero attached hydrogens (tertiary/aromatic N) is 2. The van der Waals surface area contributed by atoms with Crippen LogP contribution in [0, 0.1) is 0 Å². The van der Waals surface area contributed by atoms with E-state index in [2.05, 4.69) is 17.3 Å². The van der Waals surface area contributed by atoms with E-state index in [1.807, 2.05) is 55.3 Å². The monoisotopic (exact) mass is 245 g/mol. The summed E-state index contributed by atoms with van der Waals surface area (Å²) in [7, 11) is 1.92. The van der Waals surface area contributed by atoms with Crippen LogP contribution in [0.4, 0.5) is 5.69 Å². The predicted molar refractivity (Wildman–Crippen MR) is 72.9 cm³/mol. The molecule has 0 amide bonds. The fourth-order valence-corrected chi connectivity index (χ4v) is 1.84. The molecule has 1 aromatic heterocycles. The summed E-state index contributed by atoms with van der Waals surface area (Å²) in [5, 5.41) is 7.62. The molecule has 1 unspecified atom stereocenters. The van der Waals surface area contributed by atoms with Crippen molar-refractivity contribution >= 4 is 5.69 Å². The van der Waals surface area contributed by atoms with Crippen LogP contribution in [0.1, 0.15) is 25.5 Å². The van der Waals surface area contributed by atoms with Gasteiger partial charge in [0.25, 0.3) is 0 Å². The number of nitrogens with one attached hydrogen (secondary N) is 1. The fraction of sp³-hybridized carbons (Fsp3) is 0.357. The number of rotatable bonds is 5. The molecule has 4 heteroatoms. The second-order valence-electron chi connectivity index (χ2n) is 4.27. The van der Waals surface area contributed by atoms with Gasteiger partial charge in [-0.1, -0.05) is 6.07 Å². The maximum atomic E-state index is 5.48. The van der Waals surface area contributed by atoms with Crippen LogP contribution in [0.25, 0.3) is 0 Å². The third-order valence-corrected chi connectivity index (χ3v) is 2.75. The van der Waals surface area contributed by atoms with Crippen LogP contribution in [0.5, 0.6) is 5.75 Å². The third kappa shape index (κ3) is 3.03. The average molecular weight is 245 g/mol. The Hall–Kier alpha value is -1.97. The first-order valence-electron chi connectivity index (χ1n) is 6.17. The number of benzene rings is 1. The van der Waals surface area contributed by atoms with Gasteiger partial charge in [0.15, 0.2) is 0 Å². The van der Waals surface area contributed by atoms with Gasteiger partial charge in [0.05, 0.1) is 18.8 Å². The number of ether oxygens (including phenoxy) is 1. The molecule has 2 rings (SSSR count). The first-order chi connectivity index (χ1) is 8.69. The Morgan fingerprint density at radius 3 is 2.94 bits per heavy atom. The van der Waals surface area contributed by atoms with Crippen molar-refractivity contribution in [1.82, 2.24) is 9.78 Å². The molecule has 2 aromatic rings. The zero-order valence-corrected chi connectivity index (χ0v) is 11.1. The maximum absolute atomic E-state index is 5.48. The highest BCUT2D eigenvalue weighted by Gasteiger charge is 2.07. The largest absolute Gasteiger partial charge is 0.494 e. The molecule has 4 nitrogen and oxygen atoms in total. The van der Waals surface area contributed by atoms with E-state index in [9.17, 15) is 0 Å². The summed E-state index contributed by atoms with van der Waals surface area (Å²) in [4.78, 5) is 0. The van der Waals surface area contributed by atoms with Crippen molar-refractivity contribution in [3.63, 3.8) is 0 Å². The highest BCUT2D eigenvalue weighted by molar-refractivity contribution is 5.49. The second-order valence-corrected chi connectivity index (χ2v) is 4.27. The van der Waals surface area contributed by atoms with Crippen molar-refractivity contribution in [2.75, 3.05) is 11.9 Å². The maximum Gasteiger partial charge on any atom is 0.121 e. The molecule has 18 heavy (non-hydrogen) atoms. The molecule has 0 fully saturated rings. The zero-order chi connectivity index (χ0) is 13.0. The lowest BCUT2D eigenvalue weighted by Gasteiger charge is -2.14. The van der Waals surface area contributed by atoms with Crippen molar-refractivity contribution in [2.24, 2.45) is 7.05 Å². The van der Waals surface area contributed by atoms with E-state index in [0.29, 0.717) is 6.61 Å². The van der Waals surface area contributed by atoms with Crippen molar-refractivity contribution in [3.8, 4) is 5.75 Å². The van der Waals surface area contributed by atoms with Gasteiger partial charge in [0.2, 0.25) is 0 Å². The first-order valence-corrected chi connectivity index (χ1v) is 6.17. The van der Waals surface area contributed by atoms with Crippen molar-refractivity contribution < 1.29 is 4.74 Å². The number of aromatic nitrogens is 2. The molecule has 0 saturated heterocycles. The average Bonchev–Trinajstić information content (AvgIpc) is 2.77. The summed E-state index contributed by atoms with van der Waals surface area (Å²) in [5.74, 6) is 0.890. The van der Waals surface area contributed by atoms with Crippen LogP contribution < -0.4 is 10.1 Å². The predicted octanol–water partition coefficient (Wildman–Crippen LogP) is 2.99. The van der Waals surface area contributed by atoms with Crippen LogP contribution >= 0.6 is 0 Å². The molecular weight excluding hydrogens is 226 g/mol. The van der Waals surface area contributed by atoms with Gasteiger partial charge in [-0.05, 0) is 26.0 Å². The minimum Gasteiger partial charge on any atom is -0.494 e. The Kier molecular flexibility index (Phi) is 3.87. The minimum atomic E-state index is 0.218. The summed E-state index contributed by atoms with van der Waals surface area (Å²) < 4.78 is 7.29. The smallest absolute Gasteiger partial charge is 0.121 e. The second kappa shape index (κ2) is 5.58. The van der Waals surface area contributed by atoms with E-state index in [1.165, 1.54) is 5.56 Å². The molecular formula is C14H19N3O. The Bertz CT molecular complexity index is 507. The summed E-state index contributed by atoms with van der Waals surface area (Å²) in [6, 6.07) is 8.22. The summed E-state index contributed by atoms with van der Waals surface area (Å²) in [5.41, 5.74) is 2.22. The van der Waals surface area contributed by atoms with Crippen LogP contribution in [0.15, 0.2) is 36.7 Å². The van der Waals surface area contributed by atoms with Gasteiger partial charge in [-0.15, -0.1) is 0 Å². The lowest BCUT2D eigenvalue weighted by Crippen LogP contribution is -2.06. The van der Waals surface area contributed by atoms with E-state index < -0.39 is 0 Å². The van der Waals surface area contributed by atoms with Crippen molar-refractivity contribution in [2.45, 2.75) is 19.9 Å². The van der Waals surface area contributed by atoms with Crippen molar-refractivity contribution in [3.05, 3.63) is 42.2 Å². The molecule has 1 atom stereocenters. The van der Waals surface area contributed by atoms with Crippen LogP contribution in [0.2, 0.25) is 0 Å². The molecule has 0 aliphatic carbocycles. The van der Waals surface area contributed by atoms with Gasteiger partial charge < -0.3 is 10.1 Å². The lowest BCUT2D eigenvalue weighted by molar-refractivity contribution is 0.340. The topological polar surface area (TPSA) is 39.1 Å². The summed E-state index contributed by atoms with van der Waals surface area (Å²) in [6.07, 6.45) is 3.90. The Labute approximate surface area is 108 Å². The van der Waals surface area contributed by atoms with Crippen LogP contribution in [-0.2, 0) is 7.05 Å². The molecule has 96 valence electrons. The van der Waals surface area contributed by atoms with E-state index >= 15 is 0 Å². The van der Waals surface area contributed by atoms with Gasteiger partial charge in [0.1, 0.15) is 5.75 Å². The molecule has 0 aliphatic heterocycles. The quantitative estimate of drug-likeness (QED) is 0.880. The lowest BCUT2D eigenvalue weighted by atomic mass is 10.2. The molecule has 0 spiro atoms. The highest BCUT2D eigenvalue weighted by atomic mass is 16.5. The van der Waals surface area contributed by atoms with E-state index in [-0.39, 0.29) is 6.04 Å². The van der Waals surface area contributed by atoms with Crippen LogP contribution in [-0.4, -0.2) is 16.4 Å². The molecule has 1 heterocycles. The SMILES string of the molecule is CCOc1cccc(NC(C)c2cnn(C)c2)c1. The van der Waals surface area contributed by atoms with Crippen LogP contribution in [0.3, 0.4) is 0 Å². The molecule has 1 aromatic carbocycles. The third-order valence-electron chi connectivity index (χ3n) is 2.75. The highest BCUT2D eigenvalue weighted by Crippen LogP contribution is 2.22.